The number of aryl methyl sites for hydroxylation is 3. The molecule has 13 aromatic rings. The summed E-state index contributed by atoms with van der Waals surface area (Å²) in [6, 6.07) is 92.8. The van der Waals surface area contributed by atoms with Gasteiger partial charge in [-0.15, -0.1) is 0 Å². The van der Waals surface area contributed by atoms with Gasteiger partial charge in [0.25, 0.3) is 0 Å². The van der Waals surface area contributed by atoms with Crippen LogP contribution < -0.4 is 0 Å². The van der Waals surface area contributed by atoms with Gasteiger partial charge in [-0.05, 0) is 124 Å². The molecule has 2 atom stereocenters. The van der Waals surface area contributed by atoms with Crippen LogP contribution in [0.25, 0.3) is 61.0 Å². The SMILES string of the molecule is Cc1ccc(C2(c3nc(C4(c5ccc(C)cc5)c5ccccc5-c5ccccc54)c(C)c(C4(c5ccc(C)cc5)c5ccccc5-c5ncccc54)n3)c3ccccc3-c3c2ccc2c4ccccc4n(-c4ccccc4)c32)cc1. The van der Waals surface area contributed by atoms with Crippen LogP contribution in [0.4, 0.5) is 0 Å². The van der Waals surface area contributed by atoms with Crippen LogP contribution in [0.15, 0.2) is 255 Å². The molecule has 3 aliphatic rings. The summed E-state index contributed by atoms with van der Waals surface area (Å²) in [5.74, 6) is 0.722. The van der Waals surface area contributed by atoms with Crippen molar-refractivity contribution in [2.24, 2.45) is 0 Å². The summed E-state index contributed by atoms with van der Waals surface area (Å²) in [6.07, 6.45) is 1.94. The minimum atomic E-state index is -1.04. The zero-order valence-corrected chi connectivity index (χ0v) is 45.0. The molecule has 378 valence electrons. The summed E-state index contributed by atoms with van der Waals surface area (Å²) in [4.78, 5) is 18.3. The molecule has 10 aromatic carbocycles. The lowest BCUT2D eigenvalue weighted by molar-refractivity contribution is 0.615. The van der Waals surface area contributed by atoms with Crippen molar-refractivity contribution < 1.29 is 0 Å². The topological polar surface area (TPSA) is 43.6 Å². The Morgan fingerprint density at radius 3 is 1.38 bits per heavy atom. The molecule has 0 saturated heterocycles. The molecule has 0 saturated carbocycles. The van der Waals surface area contributed by atoms with Crippen molar-refractivity contribution in [3.63, 3.8) is 0 Å². The minimum absolute atomic E-state index is 0.722. The molecular weight excluding hydrogens is 969 g/mol. The summed E-state index contributed by atoms with van der Waals surface area (Å²) < 4.78 is 2.49. The van der Waals surface area contributed by atoms with Crippen LogP contribution in [0, 0.1) is 27.7 Å². The molecule has 3 aliphatic carbocycles. The van der Waals surface area contributed by atoms with E-state index < -0.39 is 16.2 Å². The van der Waals surface area contributed by atoms with Crippen molar-refractivity contribution in [2.75, 3.05) is 0 Å². The van der Waals surface area contributed by atoms with E-state index in [4.69, 9.17) is 15.0 Å². The quantitative estimate of drug-likeness (QED) is 0.160. The summed E-state index contributed by atoms with van der Waals surface area (Å²) >= 11 is 0. The van der Waals surface area contributed by atoms with E-state index in [1.54, 1.807) is 0 Å². The van der Waals surface area contributed by atoms with E-state index in [9.17, 15) is 0 Å². The highest BCUT2D eigenvalue weighted by molar-refractivity contribution is 6.16. The molecule has 4 nitrogen and oxygen atoms in total. The van der Waals surface area contributed by atoms with Crippen molar-refractivity contribution >= 4 is 21.8 Å². The second kappa shape index (κ2) is 17.1. The average Bonchev–Trinajstić information content (AvgIpc) is 4.32. The van der Waals surface area contributed by atoms with Gasteiger partial charge in [0, 0.05) is 33.8 Å². The predicted molar refractivity (Wildman–Crippen MR) is 325 cm³/mol. The van der Waals surface area contributed by atoms with E-state index in [-0.39, 0.29) is 0 Å². The zero-order chi connectivity index (χ0) is 53.5. The lowest BCUT2D eigenvalue weighted by Gasteiger charge is -2.40. The number of aromatic nitrogens is 4. The number of hydrogen-bond donors (Lipinski definition) is 0. The molecule has 0 fully saturated rings. The largest absolute Gasteiger partial charge is 0.309 e. The molecule has 16 rings (SSSR count). The van der Waals surface area contributed by atoms with Gasteiger partial charge in [-0.25, -0.2) is 9.97 Å². The fourth-order valence-electron chi connectivity index (χ4n) is 14.9. The summed E-state index contributed by atoms with van der Waals surface area (Å²) in [5, 5.41) is 2.41. The standard InChI is InChI=1S/C76H54N4/c1-47-32-38-51(39-33-47)74(61-26-13-8-21-55(61)56-22-9-14-27-62(56)74)71-50(4)72(75(52-40-34-48(2)35-41-52)64-29-16-11-25-60(64)69-66(75)30-18-46-77-69)79-73(78-71)76(53-42-36-49(3)37-43-53)63-28-15-10-24-59(63)68-65(76)45-44-58-57-23-12-17-31-67(57)80(70(58)68)54-19-6-5-7-20-54/h5-46H,1-4H3. The molecule has 3 heterocycles. The highest BCUT2D eigenvalue weighted by atomic mass is 15.0. The first-order valence-electron chi connectivity index (χ1n) is 27.9. The van der Waals surface area contributed by atoms with Crippen LogP contribution in [-0.4, -0.2) is 19.5 Å². The Labute approximate surface area is 466 Å². The number of benzene rings is 10. The maximum Gasteiger partial charge on any atom is 0.148 e. The highest BCUT2D eigenvalue weighted by Crippen LogP contribution is 2.63. The van der Waals surface area contributed by atoms with Gasteiger partial charge in [-0.1, -0.05) is 241 Å². The Hall–Kier alpha value is -9.77. The third-order valence-corrected chi connectivity index (χ3v) is 18.3. The summed E-state index contributed by atoms with van der Waals surface area (Å²) in [7, 11) is 0. The molecular formula is C76H54N4. The summed E-state index contributed by atoms with van der Waals surface area (Å²) in [6.45, 7) is 8.86. The molecule has 0 aliphatic heterocycles. The first-order chi connectivity index (χ1) is 39.3. The van der Waals surface area contributed by atoms with Gasteiger partial charge in [-0.3, -0.25) is 4.98 Å². The van der Waals surface area contributed by atoms with Crippen LogP contribution >= 0.6 is 0 Å². The third-order valence-electron chi connectivity index (χ3n) is 18.3. The van der Waals surface area contributed by atoms with Crippen molar-refractivity contribution in [2.45, 2.75) is 43.9 Å². The Morgan fingerprint density at radius 1 is 0.338 bits per heavy atom. The Bertz CT molecular complexity index is 4430. The van der Waals surface area contributed by atoms with Crippen LogP contribution in [-0.2, 0) is 16.2 Å². The van der Waals surface area contributed by atoms with Gasteiger partial charge in [-0.2, -0.15) is 0 Å². The lowest BCUT2D eigenvalue weighted by atomic mass is 9.64. The van der Waals surface area contributed by atoms with Crippen molar-refractivity contribution in [1.82, 2.24) is 19.5 Å². The molecule has 0 bridgehead atoms. The lowest BCUT2D eigenvalue weighted by Crippen LogP contribution is -2.39. The van der Waals surface area contributed by atoms with Gasteiger partial charge in [0.2, 0.25) is 0 Å². The van der Waals surface area contributed by atoms with Crippen molar-refractivity contribution in [3.8, 4) is 39.2 Å². The van der Waals surface area contributed by atoms with Gasteiger partial charge in [0.15, 0.2) is 0 Å². The molecule has 80 heavy (non-hydrogen) atoms. The van der Waals surface area contributed by atoms with E-state index in [2.05, 4.69) is 281 Å². The number of para-hydroxylation sites is 2. The van der Waals surface area contributed by atoms with E-state index in [1.807, 2.05) is 6.20 Å². The number of fused-ring (bicyclic) bond motifs is 13. The molecule has 0 spiro atoms. The second-order valence-electron chi connectivity index (χ2n) is 22.4. The normalized spacial score (nSPS) is 16.9. The van der Waals surface area contributed by atoms with Gasteiger partial charge < -0.3 is 4.57 Å². The predicted octanol–water partition coefficient (Wildman–Crippen LogP) is 17.3. The molecule has 0 amide bonds. The van der Waals surface area contributed by atoms with E-state index in [1.165, 1.54) is 66.4 Å². The van der Waals surface area contributed by atoms with Crippen LogP contribution in [0.2, 0.25) is 0 Å². The number of nitrogens with zero attached hydrogens (tertiary/aromatic N) is 4. The molecule has 0 N–H and O–H groups in total. The molecule has 3 aromatic heterocycles. The summed E-state index contributed by atoms with van der Waals surface area (Å²) in [5.41, 5.74) is 24.2. The number of hydrogen-bond acceptors (Lipinski definition) is 3. The maximum absolute atomic E-state index is 6.53. The zero-order valence-electron chi connectivity index (χ0n) is 45.0. The molecule has 2 unspecified atom stereocenters. The smallest absolute Gasteiger partial charge is 0.148 e. The molecule has 4 heteroatoms. The minimum Gasteiger partial charge on any atom is -0.309 e. The van der Waals surface area contributed by atoms with E-state index >= 15 is 0 Å². The van der Waals surface area contributed by atoms with E-state index in [0.717, 1.165) is 84.2 Å². The monoisotopic (exact) mass is 1020 g/mol. The first kappa shape index (κ1) is 46.3. The number of pyridine rings is 1. The van der Waals surface area contributed by atoms with Crippen LogP contribution in [0.3, 0.4) is 0 Å². The fourth-order valence-corrected chi connectivity index (χ4v) is 14.9. The first-order valence-corrected chi connectivity index (χ1v) is 27.9. The van der Waals surface area contributed by atoms with Crippen LogP contribution in [0.1, 0.15) is 89.5 Å². The Balaban J connectivity index is 1.15. The third kappa shape index (κ3) is 5.97. The molecule has 0 radical (unpaired) electrons. The fraction of sp³-hybridized carbons (Fsp3) is 0.0921. The van der Waals surface area contributed by atoms with Crippen molar-refractivity contribution in [1.29, 1.82) is 0 Å². The van der Waals surface area contributed by atoms with Crippen molar-refractivity contribution in [3.05, 3.63) is 344 Å². The Kier molecular flexibility index (Phi) is 9.91. The highest BCUT2D eigenvalue weighted by Gasteiger charge is 2.56. The van der Waals surface area contributed by atoms with E-state index in [0.29, 0.717) is 0 Å². The second-order valence-corrected chi connectivity index (χ2v) is 22.4. The van der Waals surface area contributed by atoms with Gasteiger partial charge in [0.05, 0.1) is 38.9 Å². The maximum atomic E-state index is 6.53. The van der Waals surface area contributed by atoms with Crippen LogP contribution in [0.5, 0.6) is 0 Å². The Morgan fingerprint density at radius 2 is 0.787 bits per heavy atom. The average molecular weight is 1020 g/mol. The van der Waals surface area contributed by atoms with Gasteiger partial charge >= 0.3 is 0 Å². The van der Waals surface area contributed by atoms with Gasteiger partial charge in [0.1, 0.15) is 11.2 Å². The number of rotatable bonds is 7.